The van der Waals surface area contributed by atoms with Crippen molar-refractivity contribution in [3.8, 4) is 5.88 Å². The second kappa shape index (κ2) is 8.52. The number of pyridine rings is 2. The number of anilines is 1. The Hall–Kier alpha value is -3.96. The SMILES string of the molecule is Cc1cc(C(C)N2Cc3c(ccnc3NC(=O)c3ccn[nH]3)C2=O)cnc1OCC(F)(F)F. The molecule has 9 nitrogen and oxygen atoms in total. The molecule has 3 aromatic rings. The number of alkyl halides is 3. The minimum Gasteiger partial charge on any atom is -0.468 e. The van der Waals surface area contributed by atoms with Crippen molar-refractivity contribution < 1.29 is 27.5 Å². The van der Waals surface area contributed by atoms with E-state index < -0.39 is 24.7 Å². The maximum atomic E-state index is 13.0. The van der Waals surface area contributed by atoms with Crippen molar-refractivity contribution in [3.63, 3.8) is 0 Å². The number of amides is 2. The number of carbonyl (C=O) groups excluding carboxylic acids is 2. The molecule has 1 aliphatic heterocycles. The molecule has 0 spiro atoms. The van der Waals surface area contributed by atoms with Crippen molar-refractivity contribution in [3.05, 3.63) is 64.7 Å². The molecule has 0 aliphatic carbocycles. The van der Waals surface area contributed by atoms with E-state index >= 15 is 0 Å². The molecule has 2 amide bonds. The molecule has 0 saturated carbocycles. The molecule has 4 rings (SSSR count). The molecule has 3 aromatic heterocycles. The summed E-state index contributed by atoms with van der Waals surface area (Å²) in [5.41, 5.74) is 2.27. The molecule has 1 aliphatic rings. The topological polar surface area (TPSA) is 113 Å². The Morgan fingerprint density at radius 2 is 2.09 bits per heavy atom. The number of carbonyl (C=O) groups is 2. The van der Waals surface area contributed by atoms with Crippen molar-refractivity contribution in [1.82, 2.24) is 25.1 Å². The van der Waals surface area contributed by atoms with Gasteiger partial charge >= 0.3 is 6.18 Å². The van der Waals surface area contributed by atoms with Crippen LogP contribution in [0, 0.1) is 6.92 Å². The summed E-state index contributed by atoms with van der Waals surface area (Å²) < 4.78 is 42.0. The van der Waals surface area contributed by atoms with E-state index in [1.165, 1.54) is 24.7 Å². The predicted octanol–water partition coefficient (Wildman–Crippen LogP) is 3.42. The van der Waals surface area contributed by atoms with Crippen LogP contribution in [0.4, 0.5) is 19.0 Å². The zero-order valence-corrected chi connectivity index (χ0v) is 17.6. The van der Waals surface area contributed by atoms with Crippen molar-refractivity contribution in [1.29, 1.82) is 0 Å². The molecule has 172 valence electrons. The lowest BCUT2D eigenvalue weighted by Gasteiger charge is -2.25. The normalized spacial score (nSPS) is 14.2. The fourth-order valence-electron chi connectivity index (χ4n) is 3.52. The molecule has 2 N–H and O–H groups in total. The summed E-state index contributed by atoms with van der Waals surface area (Å²) in [5.74, 6) is -0.554. The number of nitrogens with zero attached hydrogens (tertiary/aromatic N) is 4. The van der Waals surface area contributed by atoms with Gasteiger partial charge in [0.1, 0.15) is 11.5 Å². The lowest BCUT2D eigenvalue weighted by atomic mass is 10.1. The summed E-state index contributed by atoms with van der Waals surface area (Å²) >= 11 is 0. The summed E-state index contributed by atoms with van der Waals surface area (Å²) in [4.78, 5) is 35.2. The molecule has 0 fully saturated rings. The molecule has 33 heavy (non-hydrogen) atoms. The van der Waals surface area contributed by atoms with Crippen LogP contribution in [0.5, 0.6) is 5.88 Å². The van der Waals surface area contributed by atoms with Crippen molar-refractivity contribution in [2.75, 3.05) is 11.9 Å². The van der Waals surface area contributed by atoms with E-state index in [0.29, 0.717) is 22.3 Å². The third kappa shape index (κ3) is 4.64. The fourth-order valence-corrected chi connectivity index (χ4v) is 3.52. The summed E-state index contributed by atoms with van der Waals surface area (Å²) in [6, 6.07) is 4.28. The average Bonchev–Trinajstić information content (AvgIpc) is 3.41. The molecule has 0 aromatic carbocycles. The van der Waals surface area contributed by atoms with Gasteiger partial charge in [-0.05, 0) is 37.6 Å². The highest BCUT2D eigenvalue weighted by Gasteiger charge is 2.34. The molecular weight excluding hydrogens is 441 g/mol. The van der Waals surface area contributed by atoms with Crippen LogP contribution in [0.2, 0.25) is 0 Å². The summed E-state index contributed by atoms with van der Waals surface area (Å²) in [6.07, 6.45) is -0.197. The van der Waals surface area contributed by atoms with Gasteiger partial charge in [-0.25, -0.2) is 9.97 Å². The zero-order valence-electron chi connectivity index (χ0n) is 17.6. The van der Waals surface area contributed by atoms with E-state index in [0.717, 1.165) is 0 Å². The molecule has 1 atom stereocenters. The van der Waals surface area contributed by atoms with E-state index in [2.05, 4.69) is 25.5 Å². The van der Waals surface area contributed by atoms with Gasteiger partial charge in [0.25, 0.3) is 11.8 Å². The highest BCUT2D eigenvalue weighted by atomic mass is 19.4. The Balaban J connectivity index is 1.52. The number of H-pyrrole nitrogens is 1. The predicted molar refractivity (Wildman–Crippen MR) is 110 cm³/mol. The number of rotatable bonds is 6. The van der Waals surface area contributed by atoms with Crippen LogP contribution in [0.25, 0.3) is 0 Å². The maximum absolute atomic E-state index is 13.0. The van der Waals surface area contributed by atoms with Crippen LogP contribution < -0.4 is 10.1 Å². The third-order valence-electron chi connectivity index (χ3n) is 5.23. The zero-order chi connectivity index (χ0) is 23.8. The van der Waals surface area contributed by atoms with Gasteiger partial charge in [0.05, 0.1) is 12.6 Å². The first-order valence-corrected chi connectivity index (χ1v) is 9.89. The summed E-state index contributed by atoms with van der Waals surface area (Å²) in [5, 5.41) is 8.98. The number of hydrogen-bond acceptors (Lipinski definition) is 6. The smallest absolute Gasteiger partial charge is 0.422 e. The highest BCUT2D eigenvalue weighted by molar-refractivity contribution is 6.05. The van der Waals surface area contributed by atoms with Crippen LogP contribution in [-0.2, 0) is 6.54 Å². The summed E-state index contributed by atoms with van der Waals surface area (Å²) in [7, 11) is 0. The molecule has 0 saturated heterocycles. The highest BCUT2D eigenvalue weighted by Crippen LogP contribution is 2.34. The Morgan fingerprint density at radius 3 is 2.76 bits per heavy atom. The molecule has 4 heterocycles. The van der Waals surface area contributed by atoms with E-state index in [4.69, 9.17) is 4.74 Å². The van der Waals surface area contributed by atoms with Gasteiger partial charge < -0.3 is 15.0 Å². The van der Waals surface area contributed by atoms with Crippen molar-refractivity contribution in [2.24, 2.45) is 0 Å². The van der Waals surface area contributed by atoms with Gasteiger partial charge in [-0.3, -0.25) is 14.7 Å². The van der Waals surface area contributed by atoms with Gasteiger partial charge in [-0.2, -0.15) is 18.3 Å². The molecule has 0 radical (unpaired) electrons. The van der Waals surface area contributed by atoms with Crippen molar-refractivity contribution in [2.45, 2.75) is 32.6 Å². The third-order valence-corrected chi connectivity index (χ3v) is 5.23. The Morgan fingerprint density at radius 1 is 1.30 bits per heavy atom. The van der Waals surface area contributed by atoms with Gasteiger partial charge in [-0.1, -0.05) is 0 Å². The van der Waals surface area contributed by atoms with E-state index in [-0.39, 0.29) is 29.8 Å². The first kappa shape index (κ1) is 22.2. The second-order valence-corrected chi connectivity index (χ2v) is 7.51. The number of nitrogens with one attached hydrogen (secondary N) is 2. The average molecular weight is 460 g/mol. The van der Waals surface area contributed by atoms with Gasteiger partial charge in [-0.15, -0.1) is 0 Å². The number of aromatic nitrogens is 4. The van der Waals surface area contributed by atoms with Crippen LogP contribution in [0.15, 0.2) is 36.8 Å². The number of ether oxygens (including phenoxy) is 1. The standard InChI is InChI=1S/C21H19F3N6O3/c1-11-7-13(8-26-19(11)33-10-21(22,23)24)12(2)30-9-15-14(20(30)32)3-5-25-17(15)28-18(31)16-4-6-27-29-16/h3-8,12H,9-10H2,1-2H3,(H,27,29)(H,25,28,31). The van der Waals surface area contributed by atoms with E-state index in [1.807, 2.05) is 0 Å². The Labute approximate surface area is 186 Å². The Bertz CT molecular complexity index is 1200. The van der Waals surface area contributed by atoms with Gasteiger partial charge in [0.15, 0.2) is 6.61 Å². The number of aromatic amines is 1. The lowest BCUT2D eigenvalue weighted by Crippen LogP contribution is -2.27. The van der Waals surface area contributed by atoms with Gasteiger partial charge in [0, 0.05) is 35.3 Å². The maximum Gasteiger partial charge on any atom is 0.422 e. The minimum atomic E-state index is -4.47. The van der Waals surface area contributed by atoms with Crippen LogP contribution in [0.3, 0.4) is 0 Å². The second-order valence-electron chi connectivity index (χ2n) is 7.51. The number of hydrogen-bond donors (Lipinski definition) is 2. The Kier molecular flexibility index (Phi) is 5.75. The molecule has 12 heteroatoms. The van der Waals surface area contributed by atoms with Gasteiger partial charge in [0.2, 0.25) is 5.88 Å². The minimum absolute atomic E-state index is 0.118. The van der Waals surface area contributed by atoms with E-state index in [9.17, 15) is 22.8 Å². The van der Waals surface area contributed by atoms with E-state index in [1.54, 1.807) is 30.9 Å². The molecule has 1 unspecified atom stereocenters. The molecule has 0 bridgehead atoms. The summed E-state index contributed by atoms with van der Waals surface area (Å²) in [6.45, 7) is 2.12. The lowest BCUT2D eigenvalue weighted by molar-refractivity contribution is -0.154. The quantitative estimate of drug-likeness (QED) is 0.583. The number of aryl methyl sites for hydroxylation is 1. The first-order chi connectivity index (χ1) is 15.6. The van der Waals surface area contributed by atoms with Crippen LogP contribution >= 0.6 is 0 Å². The monoisotopic (exact) mass is 460 g/mol. The largest absolute Gasteiger partial charge is 0.468 e. The van der Waals surface area contributed by atoms with Crippen molar-refractivity contribution >= 4 is 17.6 Å². The van der Waals surface area contributed by atoms with Crippen LogP contribution in [-0.4, -0.2) is 49.7 Å². The van der Waals surface area contributed by atoms with Crippen LogP contribution in [0.1, 0.15) is 50.5 Å². The number of halogens is 3. The number of fused-ring (bicyclic) bond motifs is 1. The fraction of sp³-hybridized carbons (Fsp3) is 0.286. The first-order valence-electron chi connectivity index (χ1n) is 9.89. The molecular formula is C21H19F3N6O3.